The lowest BCUT2D eigenvalue weighted by molar-refractivity contribution is -0.384. The number of carbonyl (C=O) groups excluding carboxylic acids is 1. The first-order valence-corrected chi connectivity index (χ1v) is 4.73. The van der Waals surface area contributed by atoms with E-state index in [0.717, 1.165) is 0 Å². The lowest BCUT2D eigenvalue weighted by Crippen LogP contribution is -2.08. The Hall–Kier alpha value is -2.55. The van der Waals surface area contributed by atoms with Gasteiger partial charge in [0.2, 0.25) is 5.91 Å². The van der Waals surface area contributed by atoms with Gasteiger partial charge in [0.1, 0.15) is 0 Å². The fraction of sp³-hybridized carbons (Fsp3) is 0.182. The largest absolute Gasteiger partial charge is 0.397 e. The standard InChI is InChI=1S/C11H11N3O3/c1-7-5-9(14(16)17)6-8(11(7)13)3-2-4-10(12)15/h5-6H,4,13H2,1H3,(H2,12,15). The minimum absolute atomic E-state index is 0.0833. The first-order valence-electron chi connectivity index (χ1n) is 4.73. The molecule has 88 valence electrons. The van der Waals surface area contributed by atoms with Crippen LogP contribution >= 0.6 is 0 Å². The molecule has 1 aromatic rings. The molecule has 0 aliphatic heterocycles. The molecule has 1 rings (SSSR count). The maximum absolute atomic E-state index is 10.6. The molecule has 17 heavy (non-hydrogen) atoms. The summed E-state index contributed by atoms with van der Waals surface area (Å²) in [4.78, 5) is 20.6. The van der Waals surface area contributed by atoms with Gasteiger partial charge in [0.05, 0.1) is 22.6 Å². The number of non-ortho nitro benzene ring substituents is 1. The minimum atomic E-state index is -0.557. The summed E-state index contributed by atoms with van der Waals surface area (Å²) in [7, 11) is 0. The second-order valence-corrected chi connectivity index (χ2v) is 3.43. The van der Waals surface area contributed by atoms with Crippen LogP contribution in [0.2, 0.25) is 0 Å². The second kappa shape index (κ2) is 4.99. The van der Waals surface area contributed by atoms with E-state index in [0.29, 0.717) is 16.8 Å². The van der Waals surface area contributed by atoms with Crippen molar-refractivity contribution in [3.8, 4) is 11.8 Å². The van der Waals surface area contributed by atoms with E-state index in [4.69, 9.17) is 11.5 Å². The molecule has 0 spiro atoms. The highest BCUT2D eigenvalue weighted by Crippen LogP contribution is 2.23. The van der Waals surface area contributed by atoms with Crippen molar-refractivity contribution in [1.82, 2.24) is 0 Å². The van der Waals surface area contributed by atoms with Crippen LogP contribution in [0.3, 0.4) is 0 Å². The molecule has 6 nitrogen and oxygen atoms in total. The van der Waals surface area contributed by atoms with Gasteiger partial charge >= 0.3 is 0 Å². The van der Waals surface area contributed by atoms with Crippen molar-refractivity contribution in [3.05, 3.63) is 33.4 Å². The predicted octanol–water partition coefficient (Wildman–Crippen LogP) is 0.712. The number of nitrogens with zero attached hydrogens (tertiary/aromatic N) is 1. The van der Waals surface area contributed by atoms with Crippen molar-refractivity contribution < 1.29 is 9.72 Å². The molecular weight excluding hydrogens is 222 g/mol. The van der Waals surface area contributed by atoms with Gasteiger partial charge in [0, 0.05) is 12.1 Å². The molecule has 0 radical (unpaired) electrons. The van der Waals surface area contributed by atoms with Crippen LogP contribution in [-0.4, -0.2) is 10.8 Å². The normalized spacial score (nSPS) is 9.24. The molecule has 1 aromatic carbocycles. The third-order valence-electron chi connectivity index (χ3n) is 2.07. The Morgan fingerprint density at radius 3 is 2.71 bits per heavy atom. The minimum Gasteiger partial charge on any atom is -0.397 e. The Labute approximate surface area is 97.7 Å². The monoisotopic (exact) mass is 233 g/mol. The van der Waals surface area contributed by atoms with E-state index in [1.807, 2.05) is 0 Å². The van der Waals surface area contributed by atoms with Gasteiger partial charge in [-0.3, -0.25) is 14.9 Å². The lowest BCUT2D eigenvalue weighted by atomic mass is 10.1. The highest BCUT2D eigenvalue weighted by molar-refractivity contribution is 5.77. The summed E-state index contributed by atoms with van der Waals surface area (Å²) in [5, 5.41) is 10.6. The van der Waals surface area contributed by atoms with Crippen LogP contribution < -0.4 is 11.5 Å². The quantitative estimate of drug-likeness (QED) is 0.339. The average Bonchev–Trinajstić information content (AvgIpc) is 2.23. The molecule has 0 unspecified atom stereocenters. The van der Waals surface area contributed by atoms with Gasteiger partial charge in [-0.05, 0) is 12.5 Å². The summed E-state index contributed by atoms with van der Waals surface area (Å²) in [6, 6.07) is 2.64. The van der Waals surface area contributed by atoms with Crippen molar-refractivity contribution in [2.24, 2.45) is 5.73 Å². The van der Waals surface area contributed by atoms with Crippen molar-refractivity contribution in [2.45, 2.75) is 13.3 Å². The van der Waals surface area contributed by atoms with E-state index in [9.17, 15) is 14.9 Å². The number of amides is 1. The van der Waals surface area contributed by atoms with Crippen LogP contribution in [0, 0.1) is 28.9 Å². The number of rotatable bonds is 2. The van der Waals surface area contributed by atoms with E-state index >= 15 is 0 Å². The summed E-state index contributed by atoms with van der Waals surface area (Å²) in [5.74, 6) is 4.55. The number of aryl methyl sites for hydroxylation is 1. The molecule has 0 aliphatic rings. The Morgan fingerprint density at radius 1 is 1.53 bits per heavy atom. The molecule has 0 atom stereocenters. The summed E-state index contributed by atoms with van der Waals surface area (Å²) >= 11 is 0. The smallest absolute Gasteiger partial charge is 0.271 e. The zero-order chi connectivity index (χ0) is 13.0. The number of nitrogens with two attached hydrogens (primary N) is 2. The zero-order valence-electron chi connectivity index (χ0n) is 9.19. The van der Waals surface area contributed by atoms with Gasteiger partial charge in [-0.2, -0.15) is 0 Å². The molecule has 0 fully saturated rings. The van der Waals surface area contributed by atoms with Crippen LogP contribution in [0.25, 0.3) is 0 Å². The maximum Gasteiger partial charge on any atom is 0.271 e. The first kappa shape index (κ1) is 12.5. The van der Waals surface area contributed by atoms with E-state index in [1.165, 1.54) is 12.1 Å². The zero-order valence-corrected chi connectivity index (χ0v) is 9.19. The van der Waals surface area contributed by atoms with Crippen LogP contribution in [0.1, 0.15) is 17.5 Å². The molecule has 1 amide bonds. The van der Waals surface area contributed by atoms with E-state index in [-0.39, 0.29) is 12.1 Å². The number of nitrogen functional groups attached to an aromatic ring is 1. The summed E-state index contributed by atoms with van der Waals surface area (Å²) in [6.45, 7) is 1.65. The molecule has 6 heteroatoms. The van der Waals surface area contributed by atoms with Crippen molar-refractivity contribution in [2.75, 3.05) is 5.73 Å². The number of primary amides is 1. The number of hydrogen-bond acceptors (Lipinski definition) is 4. The Balaban J connectivity index is 3.17. The Bertz CT molecular complexity index is 541. The van der Waals surface area contributed by atoms with Crippen LogP contribution in [-0.2, 0) is 4.79 Å². The van der Waals surface area contributed by atoms with Crippen molar-refractivity contribution in [1.29, 1.82) is 0 Å². The molecule has 0 bridgehead atoms. The van der Waals surface area contributed by atoms with Crippen LogP contribution in [0.15, 0.2) is 12.1 Å². The fourth-order valence-electron chi connectivity index (χ4n) is 1.21. The molecule has 0 aromatic heterocycles. The highest BCUT2D eigenvalue weighted by atomic mass is 16.6. The summed E-state index contributed by atoms with van der Waals surface area (Å²) < 4.78 is 0. The van der Waals surface area contributed by atoms with Gasteiger partial charge in [0.15, 0.2) is 0 Å². The third kappa shape index (κ3) is 3.21. The van der Waals surface area contributed by atoms with Crippen molar-refractivity contribution >= 4 is 17.3 Å². The molecule has 0 saturated heterocycles. The SMILES string of the molecule is Cc1cc([N+](=O)[O-])cc(C#CCC(N)=O)c1N. The number of hydrogen-bond donors (Lipinski definition) is 2. The average molecular weight is 233 g/mol. The number of anilines is 1. The van der Waals surface area contributed by atoms with E-state index in [2.05, 4.69) is 11.8 Å². The number of benzene rings is 1. The Morgan fingerprint density at radius 2 is 2.18 bits per heavy atom. The fourth-order valence-corrected chi connectivity index (χ4v) is 1.21. The van der Waals surface area contributed by atoms with E-state index < -0.39 is 10.8 Å². The number of carbonyl (C=O) groups is 1. The van der Waals surface area contributed by atoms with Gasteiger partial charge in [-0.25, -0.2) is 0 Å². The van der Waals surface area contributed by atoms with Gasteiger partial charge in [-0.1, -0.05) is 11.8 Å². The summed E-state index contributed by atoms with van der Waals surface area (Å²) in [6.07, 6.45) is -0.110. The first-order chi connectivity index (χ1) is 7.91. The number of nitro benzene ring substituents is 1. The third-order valence-corrected chi connectivity index (χ3v) is 2.07. The molecule has 0 heterocycles. The molecule has 0 saturated carbocycles. The van der Waals surface area contributed by atoms with Gasteiger partial charge < -0.3 is 11.5 Å². The van der Waals surface area contributed by atoms with Crippen LogP contribution in [0.4, 0.5) is 11.4 Å². The maximum atomic E-state index is 10.6. The highest BCUT2D eigenvalue weighted by Gasteiger charge is 2.10. The topological polar surface area (TPSA) is 112 Å². The number of nitro groups is 1. The predicted molar refractivity (Wildman–Crippen MR) is 62.9 cm³/mol. The molecule has 0 aliphatic carbocycles. The van der Waals surface area contributed by atoms with Gasteiger partial charge in [-0.15, -0.1) is 0 Å². The summed E-state index contributed by atoms with van der Waals surface area (Å²) in [5.41, 5.74) is 11.8. The Kier molecular flexibility index (Phi) is 3.67. The van der Waals surface area contributed by atoms with Gasteiger partial charge in [0.25, 0.3) is 5.69 Å². The van der Waals surface area contributed by atoms with Crippen molar-refractivity contribution in [3.63, 3.8) is 0 Å². The molecular formula is C11H11N3O3. The van der Waals surface area contributed by atoms with Crippen LogP contribution in [0.5, 0.6) is 0 Å². The van der Waals surface area contributed by atoms with E-state index in [1.54, 1.807) is 6.92 Å². The second-order valence-electron chi connectivity index (χ2n) is 3.43. The lowest BCUT2D eigenvalue weighted by Gasteiger charge is -2.02. The molecule has 4 N–H and O–H groups in total.